The van der Waals surface area contributed by atoms with Gasteiger partial charge >= 0.3 is 0 Å². The van der Waals surface area contributed by atoms with Gasteiger partial charge < -0.3 is 14.5 Å². The SMILES string of the molecule is CC(C)C[C@H]1COc2ccccc2C(=O)N(C)CCCCCN1C(=O)c1ccccc1F. The number of benzene rings is 2. The molecule has 1 aliphatic rings. The lowest BCUT2D eigenvalue weighted by molar-refractivity contribution is 0.0568. The zero-order valence-corrected chi connectivity index (χ0v) is 19.2. The van der Waals surface area contributed by atoms with Gasteiger partial charge in [0.25, 0.3) is 11.8 Å². The van der Waals surface area contributed by atoms with Crippen LogP contribution in [0.25, 0.3) is 0 Å². The highest BCUT2D eigenvalue weighted by Gasteiger charge is 2.28. The van der Waals surface area contributed by atoms with E-state index < -0.39 is 5.82 Å². The van der Waals surface area contributed by atoms with E-state index in [4.69, 9.17) is 4.74 Å². The minimum atomic E-state index is -0.512. The first-order chi connectivity index (χ1) is 15.4. The van der Waals surface area contributed by atoms with Crippen LogP contribution in [0.4, 0.5) is 4.39 Å². The molecule has 0 unspecified atom stereocenters. The minimum absolute atomic E-state index is 0.0699. The highest BCUT2D eigenvalue weighted by molar-refractivity contribution is 5.97. The number of fused-ring (bicyclic) bond motifs is 1. The van der Waals surface area contributed by atoms with Crippen molar-refractivity contribution >= 4 is 11.8 Å². The van der Waals surface area contributed by atoms with Gasteiger partial charge in [-0.05, 0) is 55.9 Å². The molecule has 0 saturated carbocycles. The predicted octanol–water partition coefficient (Wildman–Crippen LogP) is 5.02. The Hall–Kier alpha value is -2.89. The molecular formula is C26H33FN2O3. The number of halogens is 1. The van der Waals surface area contributed by atoms with E-state index in [1.807, 2.05) is 12.1 Å². The van der Waals surface area contributed by atoms with E-state index in [1.54, 1.807) is 41.1 Å². The number of carbonyl (C=O) groups is 2. The summed E-state index contributed by atoms with van der Waals surface area (Å²) in [5.41, 5.74) is 0.602. The highest BCUT2D eigenvalue weighted by Crippen LogP contribution is 2.24. The van der Waals surface area contributed by atoms with Gasteiger partial charge in [0.1, 0.15) is 18.2 Å². The number of nitrogens with zero attached hydrogens (tertiary/aromatic N) is 2. The highest BCUT2D eigenvalue weighted by atomic mass is 19.1. The van der Waals surface area contributed by atoms with Gasteiger partial charge in [0.05, 0.1) is 17.2 Å². The first-order valence-corrected chi connectivity index (χ1v) is 11.4. The summed E-state index contributed by atoms with van der Waals surface area (Å²) < 4.78 is 20.6. The summed E-state index contributed by atoms with van der Waals surface area (Å²) in [6, 6.07) is 13.1. The summed E-state index contributed by atoms with van der Waals surface area (Å²) >= 11 is 0. The Bertz CT molecular complexity index is 931. The van der Waals surface area contributed by atoms with Crippen molar-refractivity contribution in [3.8, 4) is 5.75 Å². The van der Waals surface area contributed by atoms with Crippen LogP contribution in [-0.4, -0.2) is 54.4 Å². The molecule has 172 valence electrons. The Labute approximate surface area is 190 Å². The molecule has 2 aromatic rings. The summed E-state index contributed by atoms with van der Waals surface area (Å²) in [4.78, 5) is 29.8. The fourth-order valence-electron chi connectivity index (χ4n) is 4.14. The normalized spacial score (nSPS) is 18.3. The minimum Gasteiger partial charge on any atom is -0.491 e. The van der Waals surface area contributed by atoms with Crippen LogP contribution in [0.15, 0.2) is 48.5 Å². The van der Waals surface area contributed by atoms with Gasteiger partial charge in [-0.2, -0.15) is 0 Å². The molecule has 0 aliphatic carbocycles. The lowest BCUT2D eigenvalue weighted by Gasteiger charge is -2.33. The van der Waals surface area contributed by atoms with Crippen LogP contribution in [0.1, 0.15) is 60.2 Å². The van der Waals surface area contributed by atoms with Crippen LogP contribution in [0.2, 0.25) is 0 Å². The van der Waals surface area contributed by atoms with Gasteiger partial charge in [0.15, 0.2) is 0 Å². The summed E-state index contributed by atoms with van der Waals surface area (Å²) in [5.74, 6) is -0.0655. The topological polar surface area (TPSA) is 49.9 Å². The van der Waals surface area contributed by atoms with E-state index in [0.29, 0.717) is 30.3 Å². The van der Waals surface area contributed by atoms with Crippen LogP contribution < -0.4 is 4.74 Å². The molecule has 0 bridgehead atoms. The van der Waals surface area contributed by atoms with Crippen molar-refractivity contribution in [1.29, 1.82) is 0 Å². The van der Waals surface area contributed by atoms with Gasteiger partial charge in [0, 0.05) is 20.1 Å². The molecule has 0 N–H and O–H groups in total. The molecule has 0 fully saturated rings. The molecule has 1 atom stereocenters. The maximum absolute atomic E-state index is 14.4. The number of ether oxygens (including phenoxy) is 1. The van der Waals surface area contributed by atoms with Crippen molar-refractivity contribution in [1.82, 2.24) is 9.80 Å². The Kier molecular flexibility index (Phi) is 8.26. The number of hydrogen-bond donors (Lipinski definition) is 0. The van der Waals surface area contributed by atoms with Crippen LogP contribution in [-0.2, 0) is 0 Å². The summed E-state index contributed by atoms with van der Waals surface area (Å²) in [7, 11) is 1.80. The van der Waals surface area contributed by atoms with Crippen LogP contribution >= 0.6 is 0 Å². The lowest BCUT2D eigenvalue weighted by Crippen LogP contribution is -2.45. The Morgan fingerprint density at radius 2 is 1.75 bits per heavy atom. The van der Waals surface area contributed by atoms with Crippen LogP contribution in [0.3, 0.4) is 0 Å². The quantitative estimate of drug-likeness (QED) is 0.674. The van der Waals surface area contributed by atoms with E-state index in [9.17, 15) is 14.0 Å². The maximum atomic E-state index is 14.4. The standard InChI is InChI=1S/C26H33FN2O3/c1-19(2)17-20-18-32-24-14-8-6-12-22(24)25(30)28(3)15-9-4-10-16-29(20)26(31)21-11-5-7-13-23(21)27/h5-8,11-14,19-20H,4,9-10,15-18H2,1-3H3/t20-/m0/s1. The van der Waals surface area contributed by atoms with Gasteiger partial charge in [0.2, 0.25) is 0 Å². The van der Waals surface area contributed by atoms with Gasteiger partial charge in [-0.3, -0.25) is 9.59 Å². The number of hydrogen-bond acceptors (Lipinski definition) is 3. The monoisotopic (exact) mass is 440 g/mol. The zero-order valence-electron chi connectivity index (χ0n) is 19.2. The third-order valence-electron chi connectivity index (χ3n) is 5.84. The molecule has 32 heavy (non-hydrogen) atoms. The number of para-hydroxylation sites is 1. The van der Waals surface area contributed by atoms with E-state index in [0.717, 1.165) is 25.7 Å². The first kappa shape index (κ1) is 23.8. The van der Waals surface area contributed by atoms with Gasteiger partial charge in [-0.25, -0.2) is 4.39 Å². The second-order valence-electron chi connectivity index (χ2n) is 8.86. The van der Waals surface area contributed by atoms with E-state index in [2.05, 4.69) is 13.8 Å². The van der Waals surface area contributed by atoms with Crippen LogP contribution in [0.5, 0.6) is 5.75 Å². The lowest BCUT2D eigenvalue weighted by atomic mass is 10.0. The van der Waals surface area contributed by atoms with Crippen molar-refractivity contribution in [2.75, 3.05) is 26.7 Å². The molecule has 1 aliphatic heterocycles. The smallest absolute Gasteiger partial charge is 0.257 e. The molecule has 5 nitrogen and oxygen atoms in total. The molecule has 2 aromatic carbocycles. The molecule has 2 amide bonds. The maximum Gasteiger partial charge on any atom is 0.257 e. The Morgan fingerprint density at radius 1 is 1.06 bits per heavy atom. The van der Waals surface area contributed by atoms with Crippen molar-refractivity contribution in [3.05, 3.63) is 65.5 Å². The number of amides is 2. The number of rotatable bonds is 3. The molecular weight excluding hydrogens is 407 g/mol. The fraction of sp³-hybridized carbons (Fsp3) is 0.462. The Morgan fingerprint density at radius 3 is 2.50 bits per heavy atom. The van der Waals surface area contributed by atoms with Crippen molar-refractivity contribution in [2.45, 2.75) is 45.6 Å². The molecule has 1 heterocycles. The average molecular weight is 441 g/mol. The average Bonchev–Trinajstić information content (AvgIpc) is 2.78. The largest absolute Gasteiger partial charge is 0.491 e. The molecule has 3 rings (SSSR count). The van der Waals surface area contributed by atoms with E-state index in [-0.39, 0.29) is 30.0 Å². The third kappa shape index (κ3) is 5.87. The first-order valence-electron chi connectivity index (χ1n) is 11.4. The van der Waals surface area contributed by atoms with Crippen molar-refractivity contribution in [3.63, 3.8) is 0 Å². The summed E-state index contributed by atoms with van der Waals surface area (Å²) in [6.07, 6.45) is 3.21. The predicted molar refractivity (Wildman–Crippen MR) is 123 cm³/mol. The van der Waals surface area contributed by atoms with Gasteiger partial charge in [-0.15, -0.1) is 0 Å². The van der Waals surface area contributed by atoms with Crippen LogP contribution in [0, 0.1) is 11.7 Å². The molecule has 0 saturated heterocycles. The summed E-state index contributed by atoms with van der Waals surface area (Å²) in [6.45, 7) is 5.59. The third-order valence-corrected chi connectivity index (χ3v) is 5.84. The molecule has 0 spiro atoms. The number of carbonyl (C=O) groups excluding carboxylic acids is 2. The van der Waals surface area contributed by atoms with E-state index >= 15 is 0 Å². The molecule has 6 heteroatoms. The summed E-state index contributed by atoms with van der Waals surface area (Å²) in [5, 5.41) is 0. The fourth-order valence-corrected chi connectivity index (χ4v) is 4.14. The van der Waals surface area contributed by atoms with Crippen molar-refractivity contribution in [2.24, 2.45) is 5.92 Å². The molecule has 0 radical (unpaired) electrons. The second kappa shape index (κ2) is 11.1. The van der Waals surface area contributed by atoms with Crippen molar-refractivity contribution < 1.29 is 18.7 Å². The second-order valence-corrected chi connectivity index (χ2v) is 8.86. The Balaban J connectivity index is 1.95. The van der Waals surface area contributed by atoms with E-state index in [1.165, 1.54) is 12.1 Å². The van der Waals surface area contributed by atoms with Gasteiger partial charge in [-0.1, -0.05) is 38.1 Å². The zero-order chi connectivity index (χ0) is 23.1. The molecule has 0 aromatic heterocycles.